The van der Waals surface area contributed by atoms with Crippen LogP contribution in [0.25, 0.3) is 0 Å². The lowest BCUT2D eigenvalue weighted by molar-refractivity contribution is -0.0363. The number of hydrogen-bond acceptors (Lipinski definition) is 4. The second kappa shape index (κ2) is 9.52. The van der Waals surface area contributed by atoms with E-state index in [1.165, 1.54) is 12.1 Å². The van der Waals surface area contributed by atoms with E-state index in [-0.39, 0.29) is 17.8 Å². The zero-order chi connectivity index (χ0) is 21.1. The molecular weight excluding hydrogens is 428 g/mol. The molecule has 0 saturated carbocycles. The molecule has 0 spiro atoms. The van der Waals surface area contributed by atoms with E-state index in [4.69, 9.17) is 27.9 Å². The largest absolute Gasteiger partial charge is 0.373 e. The number of rotatable bonds is 4. The maximum absolute atomic E-state index is 13.1. The zero-order valence-electron chi connectivity index (χ0n) is 16.6. The minimum Gasteiger partial charge on any atom is -0.373 e. The lowest BCUT2D eigenvalue weighted by Crippen LogP contribution is -2.53. The van der Waals surface area contributed by atoms with Gasteiger partial charge < -0.3 is 14.5 Å². The summed E-state index contributed by atoms with van der Waals surface area (Å²) in [4.78, 5) is 19.3. The normalized spacial score (nSPS) is 20.4. The van der Waals surface area contributed by atoms with E-state index in [1.807, 2.05) is 17.0 Å². The summed E-state index contributed by atoms with van der Waals surface area (Å²) >= 11 is 12.0. The molecule has 0 radical (unpaired) electrons. The Kier molecular flexibility index (Phi) is 6.78. The highest BCUT2D eigenvalue weighted by molar-refractivity contribution is 6.42. The van der Waals surface area contributed by atoms with Crippen molar-refractivity contribution < 1.29 is 13.9 Å². The van der Waals surface area contributed by atoms with Crippen LogP contribution in [0.15, 0.2) is 42.5 Å². The van der Waals surface area contributed by atoms with Crippen LogP contribution in [0.2, 0.25) is 10.0 Å². The molecule has 2 saturated heterocycles. The van der Waals surface area contributed by atoms with Crippen LogP contribution in [-0.4, -0.2) is 74.2 Å². The van der Waals surface area contributed by atoms with E-state index in [1.54, 1.807) is 18.2 Å². The van der Waals surface area contributed by atoms with Crippen LogP contribution in [0, 0.1) is 5.82 Å². The first-order chi connectivity index (χ1) is 14.5. The van der Waals surface area contributed by atoms with Gasteiger partial charge in [-0.2, -0.15) is 0 Å². The number of carbonyl (C=O) groups is 1. The Labute approximate surface area is 185 Å². The van der Waals surface area contributed by atoms with Gasteiger partial charge in [0.15, 0.2) is 0 Å². The van der Waals surface area contributed by atoms with Crippen LogP contribution in [-0.2, 0) is 4.74 Å². The summed E-state index contributed by atoms with van der Waals surface area (Å²) in [6.45, 7) is 5.98. The first-order valence-corrected chi connectivity index (χ1v) is 10.8. The monoisotopic (exact) mass is 451 g/mol. The van der Waals surface area contributed by atoms with Gasteiger partial charge >= 0.3 is 0 Å². The van der Waals surface area contributed by atoms with Gasteiger partial charge in [0.1, 0.15) is 5.82 Å². The van der Waals surface area contributed by atoms with Crippen molar-refractivity contribution in [3.8, 4) is 0 Å². The number of ether oxygens (including phenoxy) is 1. The van der Waals surface area contributed by atoms with Crippen molar-refractivity contribution in [2.24, 2.45) is 0 Å². The van der Waals surface area contributed by atoms with Gasteiger partial charge in [-0.3, -0.25) is 9.69 Å². The molecule has 2 aromatic rings. The molecule has 2 aliphatic heterocycles. The van der Waals surface area contributed by atoms with E-state index >= 15 is 0 Å². The quantitative estimate of drug-likeness (QED) is 0.708. The Morgan fingerprint density at radius 3 is 2.43 bits per heavy atom. The number of hydrogen-bond donors (Lipinski definition) is 0. The highest BCUT2D eigenvalue weighted by Crippen LogP contribution is 2.24. The van der Waals surface area contributed by atoms with Gasteiger partial charge in [-0.15, -0.1) is 0 Å². The summed E-state index contributed by atoms with van der Waals surface area (Å²) in [6.07, 6.45) is -0.0251. The molecule has 2 aliphatic rings. The van der Waals surface area contributed by atoms with Crippen molar-refractivity contribution in [2.45, 2.75) is 6.10 Å². The Bertz CT molecular complexity index is 888. The third kappa shape index (κ3) is 5.06. The van der Waals surface area contributed by atoms with E-state index in [9.17, 15) is 9.18 Å². The second-order valence-electron chi connectivity index (χ2n) is 7.64. The van der Waals surface area contributed by atoms with E-state index < -0.39 is 0 Å². The summed E-state index contributed by atoms with van der Waals surface area (Å²) in [6, 6.07) is 11.6. The van der Waals surface area contributed by atoms with Gasteiger partial charge in [0.25, 0.3) is 5.91 Å². The first-order valence-electron chi connectivity index (χ1n) is 10.1. The van der Waals surface area contributed by atoms with Crippen molar-refractivity contribution in [1.82, 2.24) is 9.80 Å². The van der Waals surface area contributed by atoms with E-state index in [2.05, 4.69) is 9.80 Å². The third-order valence-electron chi connectivity index (χ3n) is 5.62. The number of morpholine rings is 1. The summed E-state index contributed by atoms with van der Waals surface area (Å²) in [5.41, 5.74) is 1.58. The summed E-state index contributed by atoms with van der Waals surface area (Å²) in [5.74, 6) is -0.269. The third-order valence-corrected chi connectivity index (χ3v) is 6.36. The fourth-order valence-electron chi connectivity index (χ4n) is 3.95. The van der Waals surface area contributed by atoms with Crippen LogP contribution in [0.4, 0.5) is 10.1 Å². The van der Waals surface area contributed by atoms with Crippen molar-refractivity contribution in [1.29, 1.82) is 0 Å². The predicted molar refractivity (Wildman–Crippen MR) is 117 cm³/mol. The average Bonchev–Trinajstić information content (AvgIpc) is 2.76. The Morgan fingerprint density at radius 2 is 1.73 bits per heavy atom. The van der Waals surface area contributed by atoms with E-state index in [0.717, 1.165) is 38.4 Å². The number of piperazine rings is 1. The molecule has 2 aromatic carbocycles. The summed E-state index contributed by atoms with van der Waals surface area (Å²) in [7, 11) is 0. The zero-order valence-corrected chi connectivity index (χ0v) is 18.1. The minimum atomic E-state index is -0.216. The predicted octanol–water partition coefficient (Wildman–Crippen LogP) is 3.80. The van der Waals surface area contributed by atoms with Gasteiger partial charge in [-0.1, -0.05) is 23.2 Å². The topological polar surface area (TPSA) is 36.0 Å². The average molecular weight is 452 g/mol. The number of amides is 1. The molecule has 1 amide bonds. The fourth-order valence-corrected chi connectivity index (χ4v) is 4.25. The molecule has 0 aliphatic carbocycles. The van der Waals surface area contributed by atoms with Crippen LogP contribution < -0.4 is 4.90 Å². The lowest BCUT2D eigenvalue weighted by Gasteiger charge is -2.40. The number of benzene rings is 2. The van der Waals surface area contributed by atoms with Gasteiger partial charge in [0.2, 0.25) is 0 Å². The number of carbonyl (C=O) groups excluding carboxylic acids is 1. The number of halogens is 3. The van der Waals surface area contributed by atoms with Gasteiger partial charge in [0.05, 0.1) is 22.8 Å². The maximum atomic E-state index is 13.1. The Balaban J connectivity index is 1.29. The first kappa shape index (κ1) is 21.4. The summed E-state index contributed by atoms with van der Waals surface area (Å²) in [5, 5.41) is 0.819. The molecule has 8 heteroatoms. The van der Waals surface area contributed by atoms with Crippen LogP contribution in [0.3, 0.4) is 0 Å². The van der Waals surface area contributed by atoms with Crippen LogP contribution in [0.5, 0.6) is 0 Å². The highest BCUT2D eigenvalue weighted by atomic mass is 35.5. The Morgan fingerprint density at radius 1 is 1.00 bits per heavy atom. The molecule has 1 atom stereocenters. The van der Waals surface area contributed by atoms with Gasteiger partial charge in [-0.25, -0.2) is 4.39 Å². The minimum absolute atomic E-state index is 0.0251. The summed E-state index contributed by atoms with van der Waals surface area (Å²) < 4.78 is 19.1. The molecule has 4 rings (SSSR count). The molecular formula is C22H24Cl2FN3O2. The SMILES string of the molecule is O=C(c1ccc(Cl)c(Cl)c1)N1CCO[C@@H](CN2CCN(c3ccc(F)cc3)CC2)C1. The standard InChI is InChI=1S/C22H24Cl2FN3O2/c23-20-6-1-16(13-21(20)24)22(29)28-11-12-30-19(15-28)14-26-7-9-27(10-8-26)18-4-2-17(25)3-5-18/h1-6,13,19H,7-12,14-15H2/t19-/m0/s1. The molecule has 2 heterocycles. The Hall–Kier alpha value is -1.86. The molecule has 0 N–H and O–H groups in total. The number of nitrogens with zero attached hydrogens (tertiary/aromatic N) is 3. The van der Waals surface area contributed by atoms with Crippen molar-refractivity contribution >= 4 is 34.8 Å². The van der Waals surface area contributed by atoms with Gasteiger partial charge in [0, 0.05) is 57.1 Å². The van der Waals surface area contributed by atoms with Crippen molar-refractivity contribution in [2.75, 3.05) is 57.3 Å². The molecule has 30 heavy (non-hydrogen) atoms. The second-order valence-corrected chi connectivity index (χ2v) is 8.45. The molecule has 2 fully saturated rings. The lowest BCUT2D eigenvalue weighted by atomic mass is 10.1. The molecule has 160 valence electrons. The maximum Gasteiger partial charge on any atom is 0.254 e. The highest BCUT2D eigenvalue weighted by Gasteiger charge is 2.28. The fraction of sp³-hybridized carbons (Fsp3) is 0.409. The smallest absolute Gasteiger partial charge is 0.254 e. The molecule has 5 nitrogen and oxygen atoms in total. The van der Waals surface area contributed by atoms with Crippen LogP contribution >= 0.6 is 23.2 Å². The number of anilines is 1. The van der Waals surface area contributed by atoms with Crippen molar-refractivity contribution in [3.63, 3.8) is 0 Å². The molecule has 0 aromatic heterocycles. The van der Waals surface area contributed by atoms with Crippen LogP contribution in [0.1, 0.15) is 10.4 Å². The van der Waals surface area contributed by atoms with Crippen molar-refractivity contribution in [3.05, 3.63) is 63.9 Å². The van der Waals surface area contributed by atoms with Gasteiger partial charge in [-0.05, 0) is 42.5 Å². The molecule has 0 unspecified atom stereocenters. The molecule has 0 bridgehead atoms. The van der Waals surface area contributed by atoms with E-state index in [0.29, 0.717) is 35.3 Å².